The molecule has 268 valence electrons. The van der Waals surface area contributed by atoms with E-state index in [1.54, 1.807) is 26.6 Å². The third kappa shape index (κ3) is 9.07. The summed E-state index contributed by atoms with van der Waals surface area (Å²) in [7, 11) is 3.20. The molecule has 0 saturated heterocycles. The molecule has 0 saturated carbocycles. The van der Waals surface area contributed by atoms with Gasteiger partial charge in [0.15, 0.2) is 0 Å². The number of H-pyrrole nitrogens is 1. The van der Waals surface area contributed by atoms with E-state index in [-0.39, 0.29) is 24.8 Å². The third-order valence-corrected chi connectivity index (χ3v) is 10.6. The van der Waals surface area contributed by atoms with Gasteiger partial charge in [-0.3, -0.25) is 9.59 Å². The number of aromatic amines is 1. The topological polar surface area (TPSA) is 178 Å². The number of para-hydroxylation sites is 1. The molecule has 8 N–H and O–H groups in total. The molecule has 0 unspecified atom stereocenters. The second-order valence-corrected chi connectivity index (χ2v) is 13.8. The molecule has 0 radical (unpaired) electrons. The van der Waals surface area contributed by atoms with Crippen LogP contribution in [0.2, 0.25) is 5.02 Å². The third-order valence-electron chi connectivity index (χ3n) is 8.95. The highest BCUT2D eigenvalue weighted by atomic mass is 35.5. The number of nitrogens with two attached hydrogens (primary N) is 3. The molecule has 11 nitrogen and oxygen atoms in total. The van der Waals surface area contributed by atoms with Crippen molar-refractivity contribution in [3.8, 4) is 17.0 Å². The number of likely N-dealkylation sites (N-methyl/N-ethyl adjacent to an activating group) is 1. The van der Waals surface area contributed by atoms with E-state index in [4.69, 9.17) is 33.5 Å². The molecule has 51 heavy (non-hydrogen) atoms. The Hall–Kier alpha value is -4.46. The molecule has 2 aromatic carbocycles. The van der Waals surface area contributed by atoms with Gasteiger partial charge in [0.1, 0.15) is 11.1 Å². The molecule has 13 heteroatoms. The van der Waals surface area contributed by atoms with Crippen molar-refractivity contribution in [2.24, 2.45) is 17.2 Å². The zero-order valence-corrected chi connectivity index (χ0v) is 30.7. The van der Waals surface area contributed by atoms with E-state index in [9.17, 15) is 9.59 Å². The summed E-state index contributed by atoms with van der Waals surface area (Å²) in [4.78, 5) is 42.4. The number of pyridine rings is 2. The fraction of sp³-hybridized carbons (Fsp3) is 0.316. The van der Waals surface area contributed by atoms with Crippen LogP contribution in [0.4, 0.5) is 0 Å². The molecule has 0 aliphatic carbocycles. The number of benzene rings is 2. The number of ether oxygens (including phenoxy) is 1. The molecule has 0 bridgehead atoms. The van der Waals surface area contributed by atoms with Crippen molar-refractivity contribution in [1.82, 2.24) is 25.2 Å². The van der Waals surface area contributed by atoms with Gasteiger partial charge < -0.3 is 37.1 Å². The van der Waals surface area contributed by atoms with Gasteiger partial charge >= 0.3 is 0 Å². The Balaban J connectivity index is 1.50. The zero-order chi connectivity index (χ0) is 36.5. The van der Waals surface area contributed by atoms with Crippen molar-refractivity contribution in [3.05, 3.63) is 100 Å². The summed E-state index contributed by atoms with van der Waals surface area (Å²) in [6.45, 7) is 2.92. The number of carbonyl (C=O) groups excluding carboxylic acids is 2. The number of fused-ring (bicyclic) bond motifs is 1. The number of hydrogen-bond donors (Lipinski definition) is 5. The van der Waals surface area contributed by atoms with Crippen LogP contribution < -0.4 is 27.3 Å². The van der Waals surface area contributed by atoms with Crippen LogP contribution in [-0.4, -0.2) is 64.5 Å². The highest BCUT2D eigenvalue weighted by molar-refractivity contribution is 7.99. The van der Waals surface area contributed by atoms with Crippen molar-refractivity contribution in [2.75, 3.05) is 20.7 Å². The quantitative estimate of drug-likeness (QED) is 0.0838. The lowest BCUT2D eigenvalue weighted by molar-refractivity contribution is -0.140. The predicted molar refractivity (Wildman–Crippen MR) is 204 cm³/mol. The number of aryl methyl sites for hydroxylation is 1. The van der Waals surface area contributed by atoms with E-state index in [1.165, 1.54) is 16.7 Å². The molecule has 5 rings (SSSR count). The Bertz CT molecular complexity index is 1990. The van der Waals surface area contributed by atoms with Gasteiger partial charge in [0.05, 0.1) is 18.2 Å². The van der Waals surface area contributed by atoms with Gasteiger partial charge in [-0.05, 0) is 84.5 Å². The maximum Gasteiger partial charge on any atom is 0.243 e. The number of methoxy groups -OCH3 is 1. The van der Waals surface area contributed by atoms with Crippen LogP contribution in [0.25, 0.3) is 22.0 Å². The number of carbonyl (C=O) groups is 2. The zero-order valence-electron chi connectivity index (χ0n) is 29.1. The summed E-state index contributed by atoms with van der Waals surface area (Å²) in [6.07, 6.45) is 5.62. The number of nitrogens with one attached hydrogen (secondary N) is 2. The monoisotopic (exact) mass is 728 g/mol. The van der Waals surface area contributed by atoms with Crippen LogP contribution in [0.15, 0.2) is 83.0 Å². The molecule has 3 heterocycles. The van der Waals surface area contributed by atoms with E-state index in [0.717, 1.165) is 67.2 Å². The van der Waals surface area contributed by atoms with Crippen molar-refractivity contribution < 1.29 is 14.3 Å². The van der Waals surface area contributed by atoms with Crippen LogP contribution in [0.5, 0.6) is 5.88 Å². The van der Waals surface area contributed by atoms with Crippen molar-refractivity contribution >= 4 is 46.1 Å². The van der Waals surface area contributed by atoms with E-state index >= 15 is 0 Å². The lowest BCUT2D eigenvalue weighted by Gasteiger charge is -2.30. The van der Waals surface area contributed by atoms with E-state index in [1.807, 2.05) is 67.6 Å². The minimum absolute atomic E-state index is 0.121. The lowest BCUT2D eigenvalue weighted by atomic mass is 9.99. The SMILES string of the molecule is COc1cc(-c2cc(Cl)c(Sc3ncccc3CN)c(CNC(=O)[C@H](Cc3c(C)[nH]c4ccccc34)N(C)C(=O)[C@@H](N)CCCCN)c2)ccn1. The standard InChI is InChI=1S/C38H45ClN8O3S/c1-23-29(28-10-4-5-12-32(28)46-23)20-33(47(2)38(49)31(42)11-6-7-14-40)36(48)45-22-27-17-26(24-13-16-43-34(19-24)50-3)18-30(39)35(27)51-37-25(21-41)9-8-15-44-37/h4-5,8-10,12-13,15-19,31,33,46H,6-7,11,14,20-22,40-42H2,1-3H3,(H,45,48)/t31-,33-/m0/s1. The lowest BCUT2D eigenvalue weighted by Crippen LogP contribution is -2.53. The second-order valence-electron chi connectivity index (χ2n) is 12.4. The Morgan fingerprint density at radius 3 is 2.59 bits per heavy atom. The molecule has 0 spiro atoms. The average Bonchev–Trinajstić information content (AvgIpc) is 3.47. The molecule has 0 fully saturated rings. The Labute approximate surface area is 307 Å². The molecule has 0 aliphatic heterocycles. The number of nitrogens with zero attached hydrogens (tertiary/aromatic N) is 3. The van der Waals surface area contributed by atoms with Gasteiger partial charge in [-0.2, -0.15) is 0 Å². The smallest absolute Gasteiger partial charge is 0.243 e. The minimum Gasteiger partial charge on any atom is -0.481 e. The fourth-order valence-electron chi connectivity index (χ4n) is 6.08. The first kappa shape index (κ1) is 37.8. The number of halogens is 1. The first-order chi connectivity index (χ1) is 24.6. The highest BCUT2D eigenvalue weighted by Crippen LogP contribution is 2.40. The number of hydrogen-bond acceptors (Lipinski definition) is 9. The number of rotatable bonds is 16. The van der Waals surface area contributed by atoms with Gasteiger partial charge in [-0.15, -0.1) is 0 Å². The summed E-state index contributed by atoms with van der Waals surface area (Å²) < 4.78 is 5.36. The molecular formula is C38H45ClN8O3S. The fourth-order valence-corrected chi connectivity index (χ4v) is 7.44. The minimum atomic E-state index is -0.852. The molecule has 2 amide bonds. The summed E-state index contributed by atoms with van der Waals surface area (Å²) in [6, 6.07) is 17.6. The predicted octanol–water partition coefficient (Wildman–Crippen LogP) is 5.35. The second kappa shape index (κ2) is 17.7. The van der Waals surface area contributed by atoms with Gasteiger partial charge in [-0.25, -0.2) is 9.97 Å². The van der Waals surface area contributed by atoms with Gasteiger partial charge in [-0.1, -0.05) is 54.0 Å². The van der Waals surface area contributed by atoms with Crippen LogP contribution in [0.3, 0.4) is 0 Å². The molecular weight excluding hydrogens is 684 g/mol. The molecule has 5 aromatic rings. The molecule has 3 aromatic heterocycles. The van der Waals surface area contributed by atoms with E-state index in [0.29, 0.717) is 30.4 Å². The van der Waals surface area contributed by atoms with Gasteiger partial charge in [0.25, 0.3) is 0 Å². The van der Waals surface area contributed by atoms with E-state index < -0.39 is 12.1 Å². The average molecular weight is 729 g/mol. The Morgan fingerprint density at radius 1 is 1.02 bits per heavy atom. The molecule has 2 atom stereocenters. The summed E-state index contributed by atoms with van der Waals surface area (Å²) in [5, 5.41) is 5.33. The first-order valence-electron chi connectivity index (χ1n) is 16.9. The number of unbranched alkanes of at least 4 members (excludes halogenated alkanes) is 1. The van der Waals surface area contributed by atoms with Crippen LogP contribution >= 0.6 is 23.4 Å². The van der Waals surface area contributed by atoms with Gasteiger partial charge in [0.2, 0.25) is 17.7 Å². The largest absolute Gasteiger partial charge is 0.481 e. The number of amides is 2. The summed E-state index contributed by atoms with van der Waals surface area (Å²) >= 11 is 8.40. The highest BCUT2D eigenvalue weighted by Gasteiger charge is 2.31. The number of aromatic nitrogens is 3. The normalized spacial score (nSPS) is 12.5. The van der Waals surface area contributed by atoms with Gasteiger partial charge in [0, 0.05) is 66.5 Å². The maximum atomic E-state index is 14.3. The van der Waals surface area contributed by atoms with E-state index in [2.05, 4.69) is 20.3 Å². The Morgan fingerprint density at radius 2 is 1.82 bits per heavy atom. The summed E-state index contributed by atoms with van der Waals surface area (Å²) in [5.74, 6) is -0.169. The maximum absolute atomic E-state index is 14.3. The van der Waals surface area contributed by atoms with Crippen LogP contribution in [0.1, 0.15) is 41.6 Å². The van der Waals surface area contributed by atoms with Crippen molar-refractivity contribution in [2.45, 2.75) is 67.7 Å². The van der Waals surface area contributed by atoms with Crippen molar-refractivity contribution in [1.29, 1.82) is 0 Å². The van der Waals surface area contributed by atoms with Crippen LogP contribution in [0, 0.1) is 6.92 Å². The van der Waals surface area contributed by atoms with Crippen molar-refractivity contribution in [3.63, 3.8) is 0 Å². The summed E-state index contributed by atoms with van der Waals surface area (Å²) in [5.41, 5.74) is 24.2. The Kier molecular flexibility index (Phi) is 13.1. The first-order valence-corrected chi connectivity index (χ1v) is 18.0. The van der Waals surface area contributed by atoms with Crippen LogP contribution in [-0.2, 0) is 29.1 Å². The molecule has 0 aliphatic rings.